The summed E-state index contributed by atoms with van der Waals surface area (Å²) in [6.07, 6.45) is 6.57. The summed E-state index contributed by atoms with van der Waals surface area (Å²) in [5, 5.41) is 5.00. The molecule has 0 unspecified atom stereocenters. The van der Waals surface area contributed by atoms with Gasteiger partial charge in [-0.3, -0.25) is 0 Å². The summed E-state index contributed by atoms with van der Waals surface area (Å²) in [4.78, 5) is 10.00. The number of hydrogen-bond donors (Lipinski definition) is 1. The first-order valence-corrected chi connectivity index (χ1v) is 10.3. The van der Waals surface area contributed by atoms with Crippen LogP contribution in [0.25, 0.3) is 10.9 Å². The van der Waals surface area contributed by atoms with Crippen molar-refractivity contribution >= 4 is 16.7 Å². The van der Waals surface area contributed by atoms with E-state index < -0.39 is 0 Å². The summed E-state index contributed by atoms with van der Waals surface area (Å²) in [6, 6.07) is 10.9. The van der Waals surface area contributed by atoms with Gasteiger partial charge < -0.3 is 15.1 Å². The first-order valence-electron chi connectivity index (χ1n) is 10.3. The van der Waals surface area contributed by atoms with Crippen molar-refractivity contribution in [2.75, 3.05) is 44.7 Å². The topological polar surface area (TPSA) is 31.4 Å². The van der Waals surface area contributed by atoms with E-state index in [1.165, 1.54) is 62.0 Å². The van der Waals surface area contributed by atoms with Gasteiger partial charge in [0.05, 0.1) is 5.52 Å². The molecule has 2 saturated heterocycles. The smallest absolute Gasteiger partial charge is 0.133 e. The zero-order chi connectivity index (χ0) is 17.8. The first-order chi connectivity index (χ1) is 12.8. The molecule has 1 aromatic heterocycles. The Labute approximate surface area is 157 Å². The molecule has 0 aliphatic carbocycles. The maximum Gasteiger partial charge on any atom is 0.133 e. The number of anilines is 1. The summed E-state index contributed by atoms with van der Waals surface area (Å²) in [6.45, 7) is 6.82. The molecule has 0 amide bonds. The third-order valence-corrected chi connectivity index (χ3v) is 6.02. The fourth-order valence-corrected chi connectivity index (χ4v) is 4.34. The highest BCUT2D eigenvalue weighted by molar-refractivity contribution is 5.81. The fraction of sp³-hybridized carbons (Fsp3) is 0.591. The maximum atomic E-state index is 5.05. The van der Waals surface area contributed by atoms with Crippen LogP contribution >= 0.6 is 0 Å². The van der Waals surface area contributed by atoms with Crippen LogP contribution in [-0.4, -0.2) is 49.7 Å². The molecule has 0 radical (unpaired) electrons. The van der Waals surface area contributed by atoms with Gasteiger partial charge in [0.25, 0.3) is 0 Å². The van der Waals surface area contributed by atoms with Gasteiger partial charge in [0.1, 0.15) is 5.82 Å². The van der Waals surface area contributed by atoms with Gasteiger partial charge in [-0.15, -0.1) is 0 Å². The molecule has 4 nitrogen and oxygen atoms in total. The molecule has 0 atom stereocenters. The molecule has 2 fully saturated rings. The van der Waals surface area contributed by atoms with Gasteiger partial charge in [0.2, 0.25) is 0 Å². The lowest BCUT2D eigenvalue weighted by Gasteiger charge is -2.31. The van der Waals surface area contributed by atoms with Gasteiger partial charge in [-0.25, -0.2) is 4.98 Å². The number of nitrogens with one attached hydrogen (secondary N) is 1. The van der Waals surface area contributed by atoms with Crippen LogP contribution in [0.5, 0.6) is 0 Å². The van der Waals surface area contributed by atoms with Crippen molar-refractivity contribution < 1.29 is 0 Å². The number of nitrogens with zero attached hydrogens (tertiary/aromatic N) is 3. The average molecular weight is 353 g/mol. The molecule has 140 valence electrons. The van der Waals surface area contributed by atoms with E-state index >= 15 is 0 Å². The van der Waals surface area contributed by atoms with Crippen molar-refractivity contribution in [2.45, 2.75) is 38.6 Å². The first kappa shape index (κ1) is 17.7. The second kappa shape index (κ2) is 8.36. The number of piperidine rings is 2. The number of para-hydroxylation sites is 1. The molecule has 3 heterocycles. The van der Waals surface area contributed by atoms with Crippen LogP contribution in [0.4, 0.5) is 5.82 Å². The van der Waals surface area contributed by atoms with Crippen molar-refractivity contribution in [1.82, 2.24) is 15.2 Å². The van der Waals surface area contributed by atoms with Gasteiger partial charge in [0.15, 0.2) is 0 Å². The fourth-order valence-electron chi connectivity index (χ4n) is 4.34. The third kappa shape index (κ3) is 4.18. The van der Waals surface area contributed by atoms with Crippen LogP contribution in [-0.2, 0) is 6.54 Å². The van der Waals surface area contributed by atoms with Gasteiger partial charge in [-0.05, 0) is 76.8 Å². The van der Waals surface area contributed by atoms with Crippen LogP contribution in [0.1, 0.15) is 37.7 Å². The lowest BCUT2D eigenvalue weighted by Crippen LogP contribution is -2.35. The van der Waals surface area contributed by atoms with E-state index in [4.69, 9.17) is 4.98 Å². The molecule has 0 saturated carbocycles. The van der Waals surface area contributed by atoms with E-state index in [2.05, 4.69) is 52.5 Å². The summed E-state index contributed by atoms with van der Waals surface area (Å²) >= 11 is 0. The molecule has 1 N–H and O–H groups in total. The van der Waals surface area contributed by atoms with Crippen molar-refractivity contribution in [3.05, 3.63) is 35.9 Å². The third-order valence-electron chi connectivity index (χ3n) is 6.02. The summed E-state index contributed by atoms with van der Waals surface area (Å²) in [5.41, 5.74) is 2.48. The van der Waals surface area contributed by atoms with Crippen LogP contribution in [0, 0.1) is 5.92 Å². The van der Waals surface area contributed by atoms with Crippen LogP contribution < -0.4 is 10.2 Å². The molecular weight excluding hydrogens is 320 g/mol. The monoisotopic (exact) mass is 352 g/mol. The number of rotatable bonds is 5. The molecule has 26 heavy (non-hydrogen) atoms. The molecular formula is C22H32N4. The Hall–Kier alpha value is -1.65. The Morgan fingerprint density at radius 3 is 2.62 bits per heavy atom. The van der Waals surface area contributed by atoms with Crippen LogP contribution in [0.2, 0.25) is 0 Å². The van der Waals surface area contributed by atoms with Gasteiger partial charge in [-0.1, -0.05) is 18.2 Å². The summed E-state index contributed by atoms with van der Waals surface area (Å²) in [7, 11) is 2.23. The van der Waals surface area contributed by atoms with E-state index in [1.54, 1.807) is 0 Å². The molecule has 2 aliphatic heterocycles. The second-order valence-corrected chi connectivity index (χ2v) is 8.09. The summed E-state index contributed by atoms with van der Waals surface area (Å²) < 4.78 is 0. The number of likely N-dealkylation sites (tertiary alicyclic amines) is 1. The minimum atomic E-state index is 0.818. The molecule has 4 rings (SSSR count). The Balaban J connectivity index is 1.48. The van der Waals surface area contributed by atoms with Gasteiger partial charge >= 0.3 is 0 Å². The minimum absolute atomic E-state index is 0.818. The van der Waals surface area contributed by atoms with Crippen LogP contribution in [0.15, 0.2) is 30.3 Å². The molecule has 1 aromatic carbocycles. The van der Waals surface area contributed by atoms with E-state index in [1.807, 2.05) is 0 Å². The Bertz CT molecular complexity index is 715. The molecule has 4 heteroatoms. The van der Waals surface area contributed by atoms with E-state index in [-0.39, 0.29) is 0 Å². The minimum Gasteiger partial charge on any atom is -0.356 e. The number of fused-ring (bicyclic) bond motifs is 1. The second-order valence-electron chi connectivity index (χ2n) is 8.09. The largest absolute Gasteiger partial charge is 0.356 e. The van der Waals surface area contributed by atoms with Crippen LogP contribution in [0.3, 0.4) is 0 Å². The number of aromatic nitrogens is 1. The highest BCUT2D eigenvalue weighted by Gasteiger charge is 2.19. The van der Waals surface area contributed by atoms with Gasteiger partial charge in [-0.2, -0.15) is 0 Å². The predicted octanol–water partition coefficient (Wildman–Crippen LogP) is 3.66. The highest BCUT2D eigenvalue weighted by Crippen LogP contribution is 2.26. The predicted molar refractivity (Wildman–Crippen MR) is 110 cm³/mol. The molecule has 0 spiro atoms. The number of hydrogen-bond acceptors (Lipinski definition) is 4. The zero-order valence-corrected chi connectivity index (χ0v) is 16.1. The Kier molecular flexibility index (Phi) is 5.71. The van der Waals surface area contributed by atoms with E-state index in [0.717, 1.165) is 37.6 Å². The Morgan fingerprint density at radius 2 is 1.81 bits per heavy atom. The average Bonchev–Trinajstić information content (AvgIpc) is 2.69. The lowest BCUT2D eigenvalue weighted by atomic mass is 9.97. The van der Waals surface area contributed by atoms with Gasteiger partial charge in [0, 0.05) is 30.6 Å². The quantitative estimate of drug-likeness (QED) is 0.890. The lowest BCUT2D eigenvalue weighted by molar-refractivity contribution is 0.216. The highest BCUT2D eigenvalue weighted by atomic mass is 15.2. The van der Waals surface area contributed by atoms with Crippen molar-refractivity contribution in [3.8, 4) is 0 Å². The normalized spacial score (nSPS) is 20.0. The standard InChI is InChI=1S/C22H32N4/c1-25-13-9-18(10-14-25)16-23-17-20-15-19-7-3-4-8-21(19)24-22(20)26-11-5-2-6-12-26/h3-4,7-8,15,18,23H,2,5-6,9-14,16-17H2,1H3. The van der Waals surface area contributed by atoms with E-state index in [9.17, 15) is 0 Å². The molecule has 2 aliphatic rings. The van der Waals surface area contributed by atoms with Crippen molar-refractivity contribution in [1.29, 1.82) is 0 Å². The SMILES string of the molecule is CN1CCC(CNCc2cc3ccccc3nc2N2CCCCC2)CC1. The van der Waals surface area contributed by atoms with Crippen molar-refractivity contribution in [3.63, 3.8) is 0 Å². The summed E-state index contributed by atoms with van der Waals surface area (Å²) in [5.74, 6) is 2.03. The number of benzene rings is 1. The van der Waals surface area contributed by atoms with Crippen molar-refractivity contribution in [2.24, 2.45) is 5.92 Å². The molecule has 2 aromatic rings. The van der Waals surface area contributed by atoms with E-state index in [0.29, 0.717) is 0 Å². The maximum absolute atomic E-state index is 5.05. The zero-order valence-electron chi connectivity index (χ0n) is 16.1. The molecule has 0 bridgehead atoms. The Morgan fingerprint density at radius 1 is 1.04 bits per heavy atom. The number of pyridine rings is 1.